The number of nitrogens with one attached hydrogen (secondary N) is 1. The van der Waals surface area contributed by atoms with Crippen LogP contribution >= 0.6 is 0 Å². The van der Waals surface area contributed by atoms with E-state index in [0.717, 1.165) is 31.4 Å². The van der Waals surface area contributed by atoms with Gasteiger partial charge in [-0.3, -0.25) is 4.79 Å². The molecule has 0 heterocycles. The van der Waals surface area contributed by atoms with E-state index in [2.05, 4.69) is 12.2 Å². The first-order valence-corrected chi connectivity index (χ1v) is 9.80. The molecule has 0 aromatic heterocycles. The van der Waals surface area contributed by atoms with Gasteiger partial charge in [-0.2, -0.15) is 13.2 Å². The van der Waals surface area contributed by atoms with Crippen LogP contribution < -0.4 is 14.8 Å². The van der Waals surface area contributed by atoms with Crippen molar-refractivity contribution in [2.24, 2.45) is 0 Å². The summed E-state index contributed by atoms with van der Waals surface area (Å²) in [6.07, 6.45) is 2.75. The van der Waals surface area contributed by atoms with E-state index < -0.39 is 17.6 Å². The monoisotopic (exact) mass is 421 g/mol. The summed E-state index contributed by atoms with van der Waals surface area (Å²) in [5.41, 5.74) is -0.0486. The van der Waals surface area contributed by atoms with Crippen molar-refractivity contribution < 1.29 is 27.4 Å². The highest BCUT2D eigenvalue weighted by atomic mass is 19.4. The fraction of sp³-hybridized carbons (Fsp3) is 0.348. The normalized spacial score (nSPS) is 11.5. The van der Waals surface area contributed by atoms with Crippen molar-refractivity contribution in [3.05, 3.63) is 59.7 Å². The molecule has 0 atom stereocenters. The molecule has 0 saturated heterocycles. The fourth-order valence-electron chi connectivity index (χ4n) is 2.75. The van der Waals surface area contributed by atoms with Gasteiger partial charge < -0.3 is 14.8 Å². The van der Waals surface area contributed by atoms with Gasteiger partial charge >= 0.3 is 6.18 Å². The van der Waals surface area contributed by atoms with Gasteiger partial charge in [0.25, 0.3) is 0 Å². The lowest BCUT2D eigenvalue weighted by atomic mass is 10.1. The number of benzene rings is 2. The second-order valence-corrected chi connectivity index (χ2v) is 6.72. The van der Waals surface area contributed by atoms with Crippen LogP contribution in [0, 0.1) is 0 Å². The molecule has 4 nitrogen and oxygen atoms in total. The van der Waals surface area contributed by atoms with Gasteiger partial charge in [-0.1, -0.05) is 38.3 Å². The lowest BCUT2D eigenvalue weighted by Gasteiger charge is -2.11. The number of carbonyl (C=O) groups is 1. The van der Waals surface area contributed by atoms with E-state index >= 15 is 0 Å². The van der Waals surface area contributed by atoms with Crippen molar-refractivity contribution in [2.75, 3.05) is 19.0 Å². The molecular formula is C23H26F3NO3. The van der Waals surface area contributed by atoms with Crippen LogP contribution in [0.25, 0.3) is 6.08 Å². The smallest absolute Gasteiger partial charge is 0.416 e. The number of alkyl halides is 3. The van der Waals surface area contributed by atoms with Crippen LogP contribution in [-0.2, 0) is 11.0 Å². The van der Waals surface area contributed by atoms with Crippen LogP contribution in [0.4, 0.5) is 18.9 Å². The van der Waals surface area contributed by atoms with Gasteiger partial charge in [0.15, 0.2) is 11.5 Å². The maximum atomic E-state index is 12.8. The summed E-state index contributed by atoms with van der Waals surface area (Å²) in [4.78, 5) is 12.1. The van der Waals surface area contributed by atoms with E-state index in [1.165, 1.54) is 31.7 Å². The maximum absolute atomic E-state index is 12.8. The number of anilines is 1. The van der Waals surface area contributed by atoms with E-state index in [0.29, 0.717) is 23.7 Å². The average molecular weight is 421 g/mol. The molecule has 0 saturated carbocycles. The molecule has 162 valence electrons. The number of methoxy groups -OCH3 is 1. The van der Waals surface area contributed by atoms with Crippen molar-refractivity contribution in [2.45, 2.75) is 38.8 Å². The van der Waals surface area contributed by atoms with Gasteiger partial charge in [0.1, 0.15) is 0 Å². The Labute approximate surface area is 174 Å². The van der Waals surface area contributed by atoms with Crippen LogP contribution in [0.3, 0.4) is 0 Å². The number of rotatable bonds is 10. The van der Waals surface area contributed by atoms with Gasteiger partial charge in [0.2, 0.25) is 5.91 Å². The zero-order chi connectivity index (χ0) is 22.0. The Morgan fingerprint density at radius 3 is 2.57 bits per heavy atom. The number of amides is 1. The topological polar surface area (TPSA) is 47.6 Å². The van der Waals surface area contributed by atoms with Crippen molar-refractivity contribution in [3.63, 3.8) is 0 Å². The van der Waals surface area contributed by atoms with Gasteiger partial charge in [-0.05, 0) is 48.4 Å². The first kappa shape index (κ1) is 23.3. The average Bonchev–Trinajstić information content (AvgIpc) is 2.72. The summed E-state index contributed by atoms with van der Waals surface area (Å²) in [7, 11) is 1.53. The third-order valence-electron chi connectivity index (χ3n) is 4.33. The van der Waals surface area contributed by atoms with Crippen LogP contribution in [0.15, 0.2) is 48.5 Å². The van der Waals surface area contributed by atoms with Crippen molar-refractivity contribution in [1.29, 1.82) is 0 Å². The highest BCUT2D eigenvalue weighted by Crippen LogP contribution is 2.31. The van der Waals surface area contributed by atoms with E-state index in [4.69, 9.17) is 9.47 Å². The minimum atomic E-state index is -4.47. The zero-order valence-electron chi connectivity index (χ0n) is 17.1. The molecule has 7 heteroatoms. The van der Waals surface area contributed by atoms with E-state index in [-0.39, 0.29) is 5.69 Å². The summed E-state index contributed by atoms with van der Waals surface area (Å²) in [5.74, 6) is 0.634. The number of hydrogen-bond donors (Lipinski definition) is 1. The summed E-state index contributed by atoms with van der Waals surface area (Å²) >= 11 is 0. The second-order valence-electron chi connectivity index (χ2n) is 6.72. The van der Waals surface area contributed by atoms with E-state index in [1.807, 2.05) is 0 Å². The predicted molar refractivity (Wildman–Crippen MR) is 112 cm³/mol. The molecule has 2 aromatic rings. The molecule has 1 amide bonds. The van der Waals surface area contributed by atoms with E-state index in [9.17, 15) is 18.0 Å². The molecule has 0 aliphatic carbocycles. The lowest BCUT2D eigenvalue weighted by Crippen LogP contribution is -2.10. The molecule has 2 aromatic carbocycles. The summed E-state index contributed by atoms with van der Waals surface area (Å²) in [6, 6.07) is 9.76. The van der Waals surface area contributed by atoms with Gasteiger partial charge in [0, 0.05) is 11.8 Å². The second kappa shape index (κ2) is 11.3. The molecular weight excluding hydrogens is 395 g/mol. The number of ether oxygens (including phenoxy) is 2. The minimum absolute atomic E-state index is 0.0730. The Balaban J connectivity index is 1.97. The third kappa shape index (κ3) is 7.46. The van der Waals surface area contributed by atoms with Gasteiger partial charge in [-0.15, -0.1) is 0 Å². The van der Waals surface area contributed by atoms with Crippen molar-refractivity contribution in [1.82, 2.24) is 0 Å². The molecule has 0 radical (unpaired) electrons. The summed E-state index contributed by atoms with van der Waals surface area (Å²) < 4.78 is 49.4. The summed E-state index contributed by atoms with van der Waals surface area (Å²) in [5, 5.41) is 2.43. The first-order valence-electron chi connectivity index (χ1n) is 9.80. The summed E-state index contributed by atoms with van der Waals surface area (Å²) in [6.45, 7) is 2.75. The predicted octanol–water partition coefficient (Wildman–Crippen LogP) is 6.33. The van der Waals surface area contributed by atoms with E-state index in [1.54, 1.807) is 24.3 Å². The molecule has 2 rings (SSSR count). The Bertz CT molecular complexity index is 863. The molecule has 1 N–H and O–H groups in total. The molecule has 0 aliphatic heterocycles. The van der Waals surface area contributed by atoms with Gasteiger partial charge in [-0.25, -0.2) is 0 Å². The highest BCUT2D eigenvalue weighted by Gasteiger charge is 2.30. The first-order chi connectivity index (χ1) is 14.3. The van der Waals surface area contributed by atoms with Gasteiger partial charge in [0.05, 0.1) is 19.3 Å². The minimum Gasteiger partial charge on any atom is -0.493 e. The molecule has 0 bridgehead atoms. The van der Waals surface area contributed by atoms with Crippen LogP contribution in [-0.4, -0.2) is 19.6 Å². The Morgan fingerprint density at radius 2 is 1.87 bits per heavy atom. The number of unbranched alkanes of at least 4 members (excludes halogenated alkanes) is 3. The Hall–Kier alpha value is -2.96. The molecule has 0 spiro atoms. The number of hydrogen-bond acceptors (Lipinski definition) is 3. The van der Waals surface area contributed by atoms with Crippen LogP contribution in [0.2, 0.25) is 0 Å². The SMILES string of the molecule is CCCCCCOc1ccc(/C=C/C(=O)Nc2cccc(C(F)(F)F)c2)cc1OC. The van der Waals surface area contributed by atoms with Crippen molar-refractivity contribution in [3.8, 4) is 11.5 Å². The molecule has 30 heavy (non-hydrogen) atoms. The maximum Gasteiger partial charge on any atom is 0.416 e. The van der Waals surface area contributed by atoms with Crippen LogP contribution in [0.5, 0.6) is 11.5 Å². The number of halogens is 3. The highest BCUT2D eigenvalue weighted by molar-refractivity contribution is 6.02. The standard InChI is InChI=1S/C23H26F3NO3/c1-3-4-5-6-14-30-20-12-10-17(15-21(20)29-2)11-13-22(28)27-19-9-7-8-18(16-19)23(24,25)26/h7-13,15-16H,3-6,14H2,1-2H3,(H,27,28)/b13-11+. The zero-order valence-corrected chi connectivity index (χ0v) is 17.1. The molecule has 0 aliphatic rings. The quantitative estimate of drug-likeness (QED) is 0.360. The Kier molecular flexibility index (Phi) is 8.77. The Morgan fingerprint density at radius 1 is 1.07 bits per heavy atom. The van der Waals surface area contributed by atoms with Crippen molar-refractivity contribution >= 4 is 17.7 Å². The lowest BCUT2D eigenvalue weighted by molar-refractivity contribution is -0.137. The third-order valence-corrected chi connectivity index (χ3v) is 4.33. The largest absolute Gasteiger partial charge is 0.493 e. The molecule has 0 fully saturated rings. The number of carbonyl (C=O) groups excluding carboxylic acids is 1. The van der Waals surface area contributed by atoms with Crippen LogP contribution in [0.1, 0.15) is 43.7 Å². The fourth-order valence-corrected chi connectivity index (χ4v) is 2.75. The molecule has 0 unspecified atom stereocenters.